The number of aryl methyl sites for hydroxylation is 2. The van der Waals surface area contributed by atoms with Gasteiger partial charge in [-0.15, -0.1) is 0 Å². The van der Waals surface area contributed by atoms with E-state index in [0.717, 1.165) is 61.2 Å². The van der Waals surface area contributed by atoms with Crippen LogP contribution in [0, 0.1) is 0 Å². The van der Waals surface area contributed by atoms with Crippen LogP contribution < -0.4 is 4.74 Å². The molecule has 6 nitrogen and oxygen atoms in total. The topological polar surface area (TPSA) is 87.1 Å². The molecule has 0 aromatic heterocycles. The van der Waals surface area contributed by atoms with Gasteiger partial charge < -0.3 is 14.9 Å². The lowest BCUT2D eigenvalue weighted by Gasteiger charge is -2.23. The molecular formula is C43H45NO5. The van der Waals surface area contributed by atoms with E-state index in [1.54, 1.807) is 36.4 Å². The zero-order valence-electron chi connectivity index (χ0n) is 27.9. The zero-order valence-corrected chi connectivity index (χ0v) is 27.9. The number of aliphatic hydroxyl groups excluding tert-OH is 1. The highest BCUT2D eigenvalue weighted by Gasteiger charge is 2.19. The van der Waals surface area contributed by atoms with Crippen molar-refractivity contribution in [1.82, 2.24) is 4.90 Å². The third-order valence-corrected chi connectivity index (χ3v) is 8.76. The Morgan fingerprint density at radius 3 is 1.90 bits per heavy atom. The summed E-state index contributed by atoms with van der Waals surface area (Å²) in [7, 11) is 0. The number of aliphatic carboxylic acids is 1. The van der Waals surface area contributed by atoms with Crippen LogP contribution in [-0.4, -0.2) is 40.0 Å². The summed E-state index contributed by atoms with van der Waals surface area (Å²) in [6.45, 7) is 2.65. The van der Waals surface area contributed by atoms with Crippen molar-refractivity contribution >= 4 is 11.8 Å². The minimum absolute atomic E-state index is 0.152. The average Bonchev–Trinajstić information content (AvgIpc) is 3.15. The average molecular weight is 656 g/mol. The van der Waals surface area contributed by atoms with Crippen LogP contribution in [0.3, 0.4) is 0 Å². The fraction of sp³-hybridized carbons (Fsp3) is 0.256. The maximum absolute atomic E-state index is 12.9. The number of rotatable bonds is 19. The highest BCUT2D eigenvalue weighted by atomic mass is 16.5. The monoisotopic (exact) mass is 655 g/mol. The molecule has 0 fully saturated rings. The fourth-order valence-electron chi connectivity index (χ4n) is 5.89. The Morgan fingerprint density at radius 2 is 1.20 bits per heavy atom. The minimum Gasteiger partial charge on any atom is -0.489 e. The smallest absolute Gasteiger partial charge is 0.303 e. The SMILES string of the molecule is O=C(O)CCCCN(CCc1ccccc1OCc1ccc(CCc2ccccc2)cc1)Cc1ccc(C(=O)C(O)c2ccccc2)cc1. The quantitative estimate of drug-likeness (QED) is 0.0688. The van der Waals surface area contributed by atoms with E-state index in [2.05, 4.69) is 59.5 Å². The summed E-state index contributed by atoms with van der Waals surface area (Å²) in [5.41, 5.74) is 6.96. The number of para-hydroxylation sites is 1. The molecule has 49 heavy (non-hydrogen) atoms. The summed E-state index contributed by atoms with van der Waals surface area (Å²) in [6.07, 6.45) is 3.12. The first-order valence-corrected chi connectivity index (χ1v) is 17.1. The summed E-state index contributed by atoms with van der Waals surface area (Å²) in [4.78, 5) is 26.3. The molecule has 6 heteroatoms. The Balaban J connectivity index is 1.17. The number of benzene rings is 5. The number of hydrogen-bond donors (Lipinski definition) is 2. The number of carbonyl (C=O) groups is 2. The van der Waals surface area contributed by atoms with Crippen LogP contribution in [0.15, 0.2) is 133 Å². The van der Waals surface area contributed by atoms with E-state index in [0.29, 0.717) is 30.7 Å². The molecule has 0 aliphatic heterocycles. The maximum Gasteiger partial charge on any atom is 0.303 e. The van der Waals surface area contributed by atoms with E-state index in [9.17, 15) is 14.7 Å². The van der Waals surface area contributed by atoms with Crippen LogP contribution in [-0.2, 0) is 37.2 Å². The standard InChI is InChI=1S/C43H45NO5/c45-41(46)17-9-10-29-44(31-35-24-26-39(27-25-35)43(48)42(47)38-14-5-2-6-15-38)30-28-37-13-7-8-16-40(37)49-32-36-22-20-34(21-23-36)19-18-33-11-3-1-4-12-33/h1-8,11-16,20-27,42,47H,9-10,17-19,28-32H2,(H,45,46). The number of carboxylic acid groups (broad SMARTS) is 1. The molecule has 0 heterocycles. The van der Waals surface area contributed by atoms with E-state index < -0.39 is 12.1 Å². The molecule has 5 aromatic rings. The normalized spacial score (nSPS) is 11.7. The number of unbranched alkanes of at least 4 members (excludes halogenated alkanes) is 1. The number of ether oxygens (including phenoxy) is 1. The van der Waals surface area contributed by atoms with Gasteiger partial charge in [-0.3, -0.25) is 14.5 Å². The second-order valence-electron chi connectivity index (χ2n) is 12.4. The number of aliphatic hydroxyl groups is 1. The van der Waals surface area contributed by atoms with Gasteiger partial charge in [0.2, 0.25) is 0 Å². The van der Waals surface area contributed by atoms with Crippen LogP contribution >= 0.6 is 0 Å². The van der Waals surface area contributed by atoms with Gasteiger partial charge in [0.1, 0.15) is 18.5 Å². The Hall–Kier alpha value is -5.04. The van der Waals surface area contributed by atoms with Gasteiger partial charge >= 0.3 is 5.97 Å². The molecule has 252 valence electrons. The lowest BCUT2D eigenvalue weighted by atomic mass is 9.99. The van der Waals surface area contributed by atoms with Crippen LogP contribution in [0.1, 0.15) is 69.1 Å². The maximum atomic E-state index is 12.9. The fourth-order valence-corrected chi connectivity index (χ4v) is 5.89. The van der Waals surface area contributed by atoms with Crippen molar-refractivity contribution in [2.75, 3.05) is 13.1 Å². The summed E-state index contributed by atoms with van der Waals surface area (Å²) < 4.78 is 6.32. The molecule has 0 spiro atoms. The molecule has 0 saturated heterocycles. The van der Waals surface area contributed by atoms with Crippen LogP contribution in [0.2, 0.25) is 0 Å². The zero-order chi connectivity index (χ0) is 34.3. The highest BCUT2D eigenvalue weighted by molar-refractivity contribution is 5.99. The molecule has 5 rings (SSSR count). The molecule has 5 aromatic carbocycles. The van der Waals surface area contributed by atoms with Crippen molar-refractivity contribution < 1.29 is 24.5 Å². The van der Waals surface area contributed by atoms with Crippen molar-refractivity contribution in [1.29, 1.82) is 0 Å². The van der Waals surface area contributed by atoms with Gasteiger partial charge in [-0.25, -0.2) is 0 Å². The van der Waals surface area contributed by atoms with Gasteiger partial charge in [-0.05, 0) is 78.1 Å². The summed E-state index contributed by atoms with van der Waals surface area (Å²) in [5, 5.41) is 19.7. The van der Waals surface area contributed by atoms with Gasteiger partial charge in [-0.2, -0.15) is 0 Å². The molecule has 1 atom stereocenters. The van der Waals surface area contributed by atoms with Crippen molar-refractivity contribution in [2.45, 2.75) is 57.8 Å². The van der Waals surface area contributed by atoms with Gasteiger partial charge in [0.05, 0.1) is 0 Å². The van der Waals surface area contributed by atoms with Gasteiger partial charge in [0.25, 0.3) is 0 Å². The molecule has 0 saturated carbocycles. The van der Waals surface area contributed by atoms with Crippen molar-refractivity contribution in [3.63, 3.8) is 0 Å². The van der Waals surface area contributed by atoms with Gasteiger partial charge in [0.15, 0.2) is 5.78 Å². The Kier molecular flexibility index (Phi) is 13.3. The summed E-state index contributed by atoms with van der Waals surface area (Å²) in [6, 6.07) is 43.7. The van der Waals surface area contributed by atoms with Crippen molar-refractivity contribution in [3.05, 3.63) is 172 Å². The predicted octanol–water partition coefficient (Wildman–Crippen LogP) is 8.27. The molecule has 0 bridgehead atoms. The largest absolute Gasteiger partial charge is 0.489 e. The molecule has 0 aliphatic carbocycles. The Morgan fingerprint density at radius 1 is 0.612 bits per heavy atom. The number of carbonyl (C=O) groups excluding carboxylic acids is 1. The lowest BCUT2D eigenvalue weighted by molar-refractivity contribution is -0.137. The number of nitrogens with zero attached hydrogens (tertiary/aromatic N) is 1. The first kappa shape index (κ1) is 35.3. The number of hydrogen-bond acceptors (Lipinski definition) is 5. The van der Waals surface area contributed by atoms with Crippen molar-refractivity contribution in [2.24, 2.45) is 0 Å². The first-order chi connectivity index (χ1) is 23.9. The van der Waals surface area contributed by atoms with E-state index in [4.69, 9.17) is 9.84 Å². The van der Waals surface area contributed by atoms with Crippen molar-refractivity contribution in [3.8, 4) is 5.75 Å². The van der Waals surface area contributed by atoms with Gasteiger partial charge in [-0.1, -0.05) is 127 Å². The van der Waals surface area contributed by atoms with E-state index >= 15 is 0 Å². The van der Waals surface area contributed by atoms with Gasteiger partial charge in [0, 0.05) is 25.1 Å². The van der Waals surface area contributed by atoms with Crippen LogP contribution in [0.5, 0.6) is 5.75 Å². The second kappa shape index (κ2) is 18.5. The van der Waals surface area contributed by atoms with Crippen LogP contribution in [0.25, 0.3) is 0 Å². The van der Waals surface area contributed by atoms with E-state index in [-0.39, 0.29) is 12.2 Å². The molecule has 0 aliphatic rings. The second-order valence-corrected chi connectivity index (χ2v) is 12.4. The van der Waals surface area contributed by atoms with E-state index in [1.165, 1.54) is 11.1 Å². The summed E-state index contributed by atoms with van der Waals surface area (Å²) in [5.74, 6) is -0.252. The lowest BCUT2D eigenvalue weighted by Crippen LogP contribution is -2.27. The molecular weight excluding hydrogens is 610 g/mol. The molecule has 2 N–H and O–H groups in total. The molecule has 0 radical (unpaired) electrons. The Labute approximate surface area is 289 Å². The predicted molar refractivity (Wildman–Crippen MR) is 194 cm³/mol. The Bertz CT molecular complexity index is 1740. The summed E-state index contributed by atoms with van der Waals surface area (Å²) >= 11 is 0. The molecule has 0 amide bonds. The number of ketones is 1. The van der Waals surface area contributed by atoms with E-state index in [1.807, 2.05) is 42.5 Å². The highest BCUT2D eigenvalue weighted by Crippen LogP contribution is 2.22. The minimum atomic E-state index is -1.20. The van der Waals surface area contributed by atoms with Crippen LogP contribution in [0.4, 0.5) is 0 Å². The number of Topliss-reactive ketones (excluding diaryl/α,β-unsaturated/α-hetero) is 1. The molecule has 1 unspecified atom stereocenters. The third-order valence-electron chi connectivity index (χ3n) is 8.76. The first-order valence-electron chi connectivity index (χ1n) is 17.1. The third kappa shape index (κ3) is 11.3. The number of carboxylic acids is 1.